The maximum absolute atomic E-state index is 12.1. The standard InChI is InChI=1S/C15H22N2OS/c1-12-6-8-17(9-7-12)15(18)11-16-13-4-3-5-14(10-13)19-2/h3-5,10,12,16H,6-9,11H2,1-2H3. The van der Waals surface area contributed by atoms with Crippen LogP contribution in [0.1, 0.15) is 19.8 Å². The van der Waals surface area contributed by atoms with Crippen molar-refractivity contribution in [3.8, 4) is 0 Å². The molecule has 0 aliphatic carbocycles. The van der Waals surface area contributed by atoms with Gasteiger partial charge in [0.2, 0.25) is 5.91 Å². The Kier molecular flexibility index (Phi) is 5.14. The molecule has 0 aromatic heterocycles. The van der Waals surface area contributed by atoms with Crippen LogP contribution in [0.4, 0.5) is 5.69 Å². The van der Waals surface area contributed by atoms with E-state index in [1.807, 2.05) is 17.0 Å². The Bertz CT molecular complexity index is 428. The summed E-state index contributed by atoms with van der Waals surface area (Å²) in [6, 6.07) is 8.17. The molecule has 0 atom stereocenters. The molecule has 1 N–H and O–H groups in total. The van der Waals surface area contributed by atoms with Gasteiger partial charge < -0.3 is 10.2 Å². The van der Waals surface area contributed by atoms with Crippen LogP contribution in [0, 0.1) is 5.92 Å². The molecule has 3 nitrogen and oxygen atoms in total. The number of hydrogen-bond donors (Lipinski definition) is 1. The minimum Gasteiger partial charge on any atom is -0.376 e. The first-order valence-corrected chi connectivity index (χ1v) is 8.07. The summed E-state index contributed by atoms with van der Waals surface area (Å²) >= 11 is 1.71. The highest BCUT2D eigenvalue weighted by molar-refractivity contribution is 7.98. The first-order valence-electron chi connectivity index (χ1n) is 6.84. The highest BCUT2D eigenvalue weighted by atomic mass is 32.2. The molecule has 19 heavy (non-hydrogen) atoms. The van der Waals surface area contributed by atoms with Gasteiger partial charge in [-0.25, -0.2) is 0 Å². The zero-order chi connectivity index (χ0) is 13.7. The van der Waals surface area contributed by atoms with Crippen molar-refractivity contribution in [3.05, 3.63) is 24.3 Å². The molecule has 1 aromatic carbocycles. The molecule has 0 spiro atoms. The van der Waals surface area contributed by atoms with E-state index in [1.54, 1.807) is 11.8 Å². The number of anilines is 1. The van der Waals surface area contributed by atoms with Crippen molar-refractivity contribution in [2.24, 2.45) is 5.92 Å². The van der Waals surface area contributed by atoms with Crippen LogP contribution >= 0.6 is 11.8 Å². The second-order valence-corrected chi connectivity index (χ2v) is 6.03. The number of carbonyl (C=O) groups is 1. The second kappa shape index (κ2) is 6.85. The Morgan fingerprint density at radius 3 is 2.84 bits per heavy atom. The molecule has 0 saturated carbocycles. The van der Waals surface area contributed by atoms with Gasteiger partial charge in [0, 0.05) is 23.7 Å². The lowest BCUT2D eigenvalue weighted by Gasteiger charge is -2.30. The number of piperidine rings is 1. The lowest BCUT2D eigenvalue weighted by atomic mass is 9.99. The van der Waals surface area contributed by atoms with E-state index in [0.29, 0.717) is 6.54 Å². The van der Waals surface area contributed by atoms with E-state index in [-0.39, 0.29) is 5.91 Å². The maximum atomic E-state index is 12.1. The molecule has 104 valence electrons. The minimum absolute atomic E-state index is 0.210. The summed E-state index contributed by atoms with van der Waals surface area (Å²) in [5.74, 6) is 0.969. The van der Waals surface area contributed by atoms with Crippen LogP contribution in [-0.4, -0.2) is 36.7 Å². The molecular weight excluding hydrogens is 256 g/mol. The summed E-state index contributed by atoms with van der Waals surface area (Å²) in [7, 11) is 0. The van der Waals surface area contributed by atoms with Gasteiger partial charge in [-0.1, -0.05) is 13.0 Å². The van der Waals surface area contributed by atoms with E-state index in [9.17, 15) is 4.79 Å². The fraction of sp³-hybridized carbons (Fsp3) is 0.533. The molecular formula is C15H22N2OS. The average molecular weight is 278 g/mol. The van der Waals surface area contributed by atoms with E-state index in [4.69, 9.17) is 0 Å². The summed E-state index contributed by atoms with van der Waals surface area (Å²) in [6.07, 6.45) is 4.32. The quantitative estimate of drug-likeness (QED) is 0.859. The van der Waals surface area contributed by atoms with Gasteiger partial charge in [-0.3, -0.25) is 4.79 Å². The first kappa shape index (κ1) is 14.3. The molecule has 0 bridgehead atoms. The van der Waals surface area contributed by atoms with Crippen molar-refractivity contribution >= 4 is 23.4 Å². The van der Waals surface area contributed by atoms with Gasteiger partial charge in [0.15, 0.2) is 0 Å². The van der Waals surface area contributed by atoms with Crippen molar-refractivity contribution in [2.75, 3.05) is 31.2 Å². The molecule has 0 radical (unpaired) electrons. The number of hydrogen-bond acceptors (Lipinski definition) is 3. The van der Waals surface area contributed by atoms with Gasteiger partial charge in [-0.2, -0.15) is 0 Å². The summed E-state index contributed by atoms with van der Waals surface area (Å²) in [4.78, 5) is 15.3. The predicted molar refractivity (Wildman–Crippen MR) is 81.7 cm³/mol. The highest BCUT2D eigenvalue weighted by Crippen LogP contribution is 2.19. The zero-order valence-electron chi connectivity index (χ0n) is 11.7. The molecule has 1 heterocycles. The number of nitrogens with zero attached hydrogens (tertiary/aromatic N) is 1. The van der Waals surface area contributed by atoms with Crippen molar-refractivity contribution in [3.63, 3.8) is 0 Å². The molecule has 1 saturated heterocycles. The zero-order valence-corrected chi connectivity index (χ0v) is 12.5. The van der Waals surface area contributed by atoms with Crippen LogP contribution in [0.3, 0.4) is 0 Å². The minimum atomic E-state index is 0.210. The van der Waals surface area contributed by atoms with Gasteiger partial charge in [-0.05, 0) is 43.2 Å². The van der Waals surface area contributed by atoms with E-state index in [2.05, 4.69) is 30.6 Å². The van der Waals surface area contributed by atoms with Crippen LogP contribution in [0.2, 0.25) is 0 Å². The topological polar surface area (TPSA) is 32.3 Å². The fourth-order valence-corrected chi connectivity index (χ4v) is 2.74. The molecule has 1 aliphatic rings. The van der Waals surface area contributed by atoms with Crippen molar-refractivity contribution in [1.29, 1.82) is 0 Å². The van der Waals surface area contributed by atoms with Crippen LogP contribution in [0.25, 0.3) is 0 Å². The monoisotopic (exact) mass is 278 g/mol. The molecule has 1 amide bonds. The Morgan fingerprint density at radius 2 is 2.16 bits per heavy atom. The lowest BCUT2D eigenvalue weighted by Crippen LogP contribution is -2.40. The van der Waals surface area contributed by atoms with Gasteiger partial charge in [0.25, 0.3) is 0 Å². The first-order chi connectivity index (χ1) is 9.19. The maximum Gasteiger partial charge on any atom is 0.241 e. The smallest absolute Gasteiger partial charge is 0.241 e. The third-order valence-electron chi connectivity index (χ3n) is 3.65. The molecule has 2 rings (SSSR count). The Morgan fingerprint density at radius 1 is 1.42 bits per heavy atom. The summed E-state index contributed by atoms with van der Waals surface area (Å²) in [5, 5.41) is 3.22. The van der Waals surface area contributed by atoms with Crippen molar-refractivity contribution < 1.29 is 4.79 Å². The number of thioether (sulfide) groups is 1. The number of nitrogens with one attached hydrogen (secondary N) is 1. The van der Waals surface area contributed by atoms with Crippen LogP contribution in [0.5, 0.6) is 0 Å². The Labute approximate surface area is 119 Å². The molecule has 1 aliphatic heterocycles. The predicted octanol–water partition coefficient (Wildman–Crippen LogP) is 3.08. The lowest BCUT2D eigenvalue weighted by molar-refractivity contribution is -0.130. The van der Waals surface area contributed by atoms with E-state index in [1.165, 1.54) is 4.90 Å². The third kappa shape index (κ3) is 4.16. The van der Waals surface area contributed by atoms with Gasteiger partial charge >= 0.3 is 0 Å². The van der Waals surface area contributed by atoms with Gasteiger partial charge in [0.1, 0.15) is 0 Å². The normalized spacial score (nSPS) is 16.4. The van der Waals surface area contributed by atoms with Gasteiger partial charge in [-0.15, -0.1) is 11.8 Å². The van der Waals surface area contributed by atoms with Crippen molar-refractivity contribution in [2.45, 2.75) is 24.7 Å². The highest BCUT2D eigenvalue weighted by Gasteiger charge is 2.19. The SMILES string of the molecule is CSc1cccc(NCC(=O)N2CCC(C)CC2)c1. The average Bonchev–Trinajstić information content (AvgIpc) is 2.46. The van der Waals surface area contributed by atoms with E-state index < -0.39 is 0 Å². The number of benzene rings is 1. The largest absolute Gasteiger partial charge is 0.376 e. The summed E-state index contributed by atoms with van der Waals surface area (Å²) in [6.45, 7) is 4.47. The number of amides is 1. The number of carbonyl (C=O) groups excluding carboxylic acids is 1. The van der Waals surface area contributed by atoms with E-state index in [0.717, 1.165) is 37.5 Å². The number of likely N-dealkylation sites (tertiary alicyclic amines) is 1. The summed E-state index contributed by atoms with van der Waals surface area (Å²) in [5.41, 5.74) is 1.02. The van der Waals surface area contributed by atoms with Gasteiger partial charge in [0.05, 0.1) is 6.54 Å². The molecule has 1 aromatic rings. The Hall–Kier alpha value is -1.16. The molecule has 1 fully saturated rings. The van der Waals surface area contributed by atoms with Crippen molar-refractivity contribution in [1.82, 2.24) is 4.90 Å². The second-order valence-electron chi connectivity index (χ2n) is 5.15. The number of rotatable bonds is 4. The van der Waals surface area contributed by atoms with Crippen LogP contribution in [0.15, 0.2) is 29.2 Å². The Balaban J connectivity index is 1.82. The van der Waals surface area contributed by atoms with Crippen LogP contribution in [-0.2, 0) is 4.79 Å². The third-order valence-corrected chi connectivity index (χ3v) is 4.38. The fourth-order valence-electron chi connectivity index (χ4n) is 2.28. The van der Waals surface area contributed by atoms with E-state index >= 15 is 0 Å². The molecule has 4 heteroatoms. The summed E-state index contributed by atoms with van der Waals surface area (Å²) < 4.78 is 0. The van der Waals surface area contributed by atoms with Crippen LogP contribution < -0.4 is 5.32 Å². The molecule has 0 unspecified atom stereocenters.